The number of nitrogens with one attached hydrogen (secondary N) is 1. The molecule has 0 spiro atoms. The maximum absolute atomic E-state index is 11.1. The second kappa shape index (κ2) is 6.42. The van der Waals surface area contributed by atoms with E-state index in [1.807, 2.05) is 12.1 Å². The molecule has 0 aliphatic carbocycles. The predicted octanol–water partition coefficient (Wildman–Crippen LogP) is 1.74. The minimum absolute atomic E-state index is 0.113. The molecular formula is C13H12N4O4. The third-order valence-electron chi connectivity index (χ3n) is 2.77. The first-order valence-corrected chi connectivity index (χ1v) is 6.08. The number of hydrogen-bond donors (Lipinski definition) is 2. The van der Waals surface area contributed by atoms with Crippen LogP contribution in [-0.2, 0) is 6.42 Å². The first-order chi connectivity index (χ1) is 10.1. The summed E-state index contributed by atoms with van der Waals surface area (Å²) >= 11 is 0. The van der Waals surface area contributed by atoms with E-state index in [9.17, 15) is 14.9 Å². The number of carboxylic acids is 1. The van der Waals surface area contributed by atoms with E-state index in [0.29, 0.717) is 13.0 Å². The van der Waals surface area contributed by atoms with Crippen molar-refractivity contribution in [3.05, 3.63) is 58.0 Å². The van der Waals surface area contributed by atoms with Gasteiger partial charge in [-0.3, -0.25) is 15.1 Å². The number of rotatable bonds is 6. The van der Waals surface area contributed by atoms with Gasteiger partial charge in [0.1, 0.15) is 17.6 Å². The molecule has 0 saturated heterocycles. The Kier molecular flexibility index (Phi) is 4.39. The summed E-state index contributed by atoms with van der Waals surface area (Å²) in [5.41, 5.74) is 0.460. The molecule has 0 aliphatic rings. The number of anilines is 1. The Morgan fingerprint density at radius 3 is 2.71 bits per heavy atom. The number of carbonyl (C=O) groups is 1. The molecule has 0 aliphatic heterocycles. The van der Waals surface area contributed by atoms with Gasteiger partial charge in [0.2, 0.25) is 0 Å². The molecule has 108 valence electrons. The van der Waals surface area contributed by atoms with E-state index in [2.05, 4.69) is 15.3 Å². The van der Waals surface area contributed by atoms with E-state index in [4.69, 9.17) is 5.11 Å². The highest BCUT2D eigenvalue weighted by Gasteiger charge is 2.17. The van der Waals surface area contributed by atoms with Crippen molar-refractivity contribution in [3.63, 3.8) is 0 Å². The molecule has 2 aromatic heterocycles. The topological polar surface area (TPSA) is 118 Å². The number of nitro groups is 1. The molecule has 0 bridgehead atoms. The Bertz CT molecular complexity index is 660. The van der Waals surface area contributed by atoms with Gasteiger partial charge in [0.15, 0.2) is 0 Å². The summed E-state index contributed by atoms with van der Waals surface area (Å²) in [6.45, 7) is 0.453. The third-order valence-corrected chi connectivity index (χ3v) is 2.77. The number of pyridine rings is 2. The van der Waals surface area contributed by atoms with E-state index >= 15 is 0 Å². The van der Waals surface area contributed by atoms with Gasteiger partial charge in [0.05, 0.1) is 4.92 Å². The molecule has 0 amide bonds. The van der Waals surface area contributed by atoms with E-state index in [-0.39, 0.29) is 17.1 Å². The molecular weight excluding hydrogens is 276 g/mol. The van der Waals surface area contributed by atoms with Gasteiger partial charge >= 0.3 is 5.97 Å². The van der Waals surface area contributed by atoms with Crippen LogP contribution in [0.5, 0.6) is 0 Å². The normalized spacial score (nSPS) is 10.1. The highest BCUT2D eigenvalue weighted by molar-refractivity contribution is 5.93. The molecule has 2 heterocycles. The van der Waals surface area contributed by atoms with Gasteiger partial charge in [-0.05, 0) is 24.1 Å². The quantitative estimate of drug-likeness (QED) is 0.613. The molecule has 0 unspecified atom stereocenters. The Morgan fingerprint density at radius 2 is 2.10 bits per heavy atom. The van der Waals surface area contributed by atoms with Crippen molar-refractivity contribution in [1.82, 2.24) is 9.97 Å². The monoisotopic (exact) mass is 288 g/mol. The van der Waals surface area contributed by atoms with Gasteiger partial charge in [-0.1, -0.05) is 0 Å². The van der Waals surface area contributed by atoms with Gasteiger partial charge in [-0.15, -0.1) is 0 Å². The second-order valence-electron chi connectivity index (χ2n) is 4.18. The summed E-state index contributed by atoms with van der Waals surface area (Å²) in [6, 6.07) is 4.69. The summed E-state index contributed by atoms with van der Waals surface area (Å²) in [4.78, 5) is 28.8. The minimum atomic E-state index is -1.27. The Morgan fingerprint density at radius 1 is 1.38 bits per heavy atom. The lowest BCUT2D eigenvalue weighted by Gasteiger charge is -2.08. The number of nitrogens with zero attached hydrogens (tertiary/aromatic N) is 3. The number of hydrogen-bond acceptors (Lipinski definition) is 6. The molecule has 0 atom stereocenters. The van der Waals surface area contributed by atoms with Crippen molar-refractivity contribution >= 4 is 17.5 Å². The zero-order chi connectivity index (χ0) is 15.2. The van der Waals surface area contributed by atoms with Crippen molar-refractivity contribution in [2.24, 2.45) is 0 Å². The van der Waals surface area contributed by atoms with Gasteiger partial charge in [0, 0.05) is 25.0 Å². The SMILES string of the molecule is O=C(O)c1cc([N+](=O)[O-])cnc1NCCc1ccncc1. The standard InChI is InChI=1S/C13H12N4O4/c18-13(19)11-7-10(17(20)21)8-16-12(11)15-6-3-9-1-4-14-5-2-9/h1-2,4-5,7-8H,3,6H2,(H,15,16)(H,18,19). The molecule has 0 radical (unpaired) electrons. The molecule has 8 heteroatoms. The van der Waals surface area contributed by atoms with Crippen molar-refractivity contribution in [1.29, 1.82) is 0 Å². The van der Waals surface area contributed by atoms with Crippen LogP contribution >= 0.6 is 0 Å². The van der Waals surface area contributed by atoms with Crippen molar-refractivity contribution < 1.29 is 14.8 Å². The van der Waals surface area contributed by atoms with Crippen LogP contribution in [0.1, 0.15) is 15.9 Å². The van der Waals surface area contributed by atoms with Gasteiger partial charge in [-0.25, -0.2) is 9.78 Å². The molecule has 2 N–H and O–H groups in total. The van der Waals surface area contributed by atoms with E-state index in [0.717, 1.165) is 17.8 Å². The average molecular weight is 288 g/mol. The molecule has 0 fully saturated rings. The number of aromatic nitrogens is 2. The lowest BCUT2D eigenvalue weighted by Crippen LogP contribution is -2.11. The van der Waals surface area contributed by atoms with Crippen molar-refractivity contribution in [2.75, 3.05) is 11.9 Å². The summed E-state index contributed by atoms with van der Waals surface area (Å²) in [6.07, 6.45) is 5.02. The average Bonchev–Trinajstić information content (AvgIpc) is 2.48. The van der Waals surface area contributed by atoms with Crippen LogP contribution in [0.25, 0.3) is 0 Å². The largest absolute Gasteiger partial charge is 0.478 e. The molecule has 0 saturated carbocycles. The van der Waals surface area contributed by atoms with Crippen LogP contribution in [-0.4, -0.2) is 32.5 Å². The first-order valence-electron chi connectivity index (χ1n) is 6.08. The molecule has 8 nitrogen and oxygen atoms in total. The lowest BCUT2D eigenvalue weighted by molar-refractivity contribution is -0.385. The van der Waals surface area contributed by atoms with E-state index in [1.165, 1.54) is 0 Å². The summed E-state index contributed by atoms with van der Waals surface area (Å²) in [5.74, 6) is -1.15. The van der Waals surface area contributed by atoms with E-state index in [1.54, 1.807) is 12.4 Å². The summed E-state index contributed by atoms with van der Waals surface area (Å²) < 4.78 is 0. The van der Waals surface area contributed by atoms with Crippen LogP contribution < -0.4 is 5.32 Å². The predicted molar refractivity (Wildman–Crippen MR) is 74.3 cm³/mol. The fourth-order valence-electron chi connectivity index (χ4n) is 1.73. The van der Waals surface area contributed by atoms with Gasteiger partial charge < -0.3 is 10.4 Å². The summed E-state index contributed by atoms with van der Waals surface area (Å²) in [7, 11) is 0. The van der Waals surface area contributed by atoms with Crippen LogP contribution in [0.2, 0.25) is 0 Å². The molecule has 0 aromatic carbocycles. The highest BCUT2D eigenvalue weighted by atomic mass is 16.6. The van der Waals surface area contributed by atoms with E-state index < -0.39 is 10.9 Å². The molecule has 2 rings (SSSR count). The zero-order valence-electron chi connectivity index (χ0n) is 10.9. The van der Waals surface area contributed by atoms with Crippen LogP contribution in [0.4, 0.5) is 11.5 Å². The maximum atomic E-state index is 11.1. The molecule has 21 heavy (non-hydrogen) atoms. The molecule has 2 aromatic rings. The van der Waals surface area contributed by atoms with Crippen LogP contribution in [0, 0.1) is 10.1 Å². The third kappa shape index (κ3) is 3.72. The number of aromatic carboxylic acids is 1. The van der Waals surface area contributed by atoms with Gasteiger partial charge in [-0.2, -0.15) is 0 Å². The number of carboxylic acid groups (broad SMARTS) is 1. The lowest BCUT2D eigenvalue weighted by atomic mass is 10.2. The van der Waals surface area contributed by atoms with Gasteiger partial charge in [0.25, 0.3) is 5.69 Å². The Balaban J connectivity index is 2.09. The van der Waals surface area contributed by atoms with Crippen LogP contribution in [0.3, 0.4) is 0 Å². The summed E-state index contributed by atoms with van der Waals surface area (Å²) in [5, 5.41) is 22.6. The van der Waals surface area contributed by atoms with Crippen LogP contribution in [0.15, 0.2) is 36.8 Å². The highest BCUT2D eigenvalue weighted by Crippen LogP contribution is 2.19. The first kappa shape index (κ1) is 14.4. The minimum Gasteiger partial charge on any atom is -0.478 e. The zero-order valence-corrected chi connectivity index (χ0v) is 10.9. The fraction of sp³-hybridized carbons (Fsp3) is 0.154. The second-order valence-corrected chi connectivity index (χ2v) is 4.18. The Hall–Kier alpha value is -3.03. The smallest absolute Gasteiger partial charge is 0.339 e. The Labute approximate surface area is 119 Å². The maximum Gasteiger partial charge on any atom is 0.339 e. The fourth-order valence-corrected chi connectivity index (χ4v) is 1.73. The van der Waals surface area contributed by atoms with Crippen molar-refractivity contribution in [2.45, 2.75) is 6.42 Å². The van der Waals surface area contributed by atoms with Crippen molar-refractivity contribution in [3.8, 4) is 0 Å².